The first kappa shape index (κ1) is 14.1. The van der Waals surface area contributed by atoms with Crippen LogP contribution in [-0.4, -0.2) is 45.6 Å². The van der Waals surface area contributed by atoms with E-state index in [2.05, 4.69) is 39.8 Å². The monoisotopic (exact) mass is 330 g/mol. The summed E-state index contributed by atoms with van der Waals surface area (Å²) in [7, 11) is 0. The molecule has 0 saturated heterocycles. The minimum atomic E-state index is -0.896. The van der Waals surface area contributed by atoms with Crippen molar-refractivity contribution in [3.05, 3.63) is 24.3 Å². The third-order valence-electron chi connectivity index (χ3n) is 3.62. The van der Waals surface area contributed by atoms with E-state index in [0.717, 1.165) is 28.6 Å². The van der Waals surface area contributed by atoms with Crippen LogP contribution in [-0.2, 0) is 4.79 Å². The van der Waals surface area contributed by atoms with Crippen molar-refractivity contribution in [1.82, 2.24) is 28.8 Å². The number of para-hydroxylation sites is 2. The van der Waals surface area contributed by atoms with Crippen molar-refractivity contribution in [3.8, 4) is 0 Å². The van der Waals surface area contributed by atoms with Gasteiger partial charge in [0.05, 0.1) is 16.8 Å². The van der Waals surface area contributed by atoms with Crippen molar-refractivity contribution in [3.63, 3.8) is 0 Å². The van der Waals surface area contributed by atoms with Gasteiger partial charge in [-0.1, -0.05) is 23.9 Å². The molecule has 4 rings (SSSR count). The number of imidazole rings is 1. The fraction of sp³-hybridized carbons (Fsp3) is 0.286. The summed E-state index contributed by atoms with van der Waals surface area (Å²) in [5, 5.41) is 22.2. The Morgan fingerprint density at radius 1 is 1.22 bits per heavy atom. The van der Waals surface area contributed by atoms with Gasteiger partial charge < -0.3 is 9.67 Å². The number of fused-ring (bicyclic) bond motifs is 5. The van der Waals surface area contributed by atoms with Crippen LogP contribution in [0.25, 0.3) is 22.6 Å². The number of rotatable bonds is 4. The summed E-state index contributed by atoms with van der Waals surface area (Å²) >= 11 is 1.11. The Hall–Kier alpha value is -2.55. The van der Waals surface area contributed by atoms with Crippen LogP contribution in [0.15, 0.2) is 29.4 Å². The standard InChI is InChI=1S/C14H14N6O2S/c1-8(2)18-9-5-3-4-6-10(9)19-12-15-16-14(23-7-11(21)22)20(12)17-13(18)19/h3-6,8H,7H2,1-2H3,(H,21,22). The number of carbonyl (C=O) groups is 1. The molecule has 0 radical (unpaired) electrons. The van der Waals surface area contributed by atoms with Crippen LogP contribution in [0.1, 0.15) is 19.9 Å². The van der Waals surface area contributed by atoms with Gasteiger partial charge in [0, 0.05) is 6.04 Å². The number of carboxylic acid groups (broad SMARTS) is 1. The molecule has 0 aliphatic rings. The second-order valence-corrected chi connectivity index (χ2v) is 6.41. The van der Waals surface area contributed by atoms with Crippen LogP contribution >= 0.6 is 11.8 Å². The van der Waals surface area contributed by atoms with Crippen LogP contribution in [0.2, 0.25) is 0 Å². The van der Waals surface area contributed by atoms with E-state index in [0.29, 0.717) is 10.9 Å². The lowest BCUT2D eigenvalue weighted by molar-refractivity contribution is -0.133. The van der Waals surface area contributed by atoms with E-state index < -0.39 is 5.97 Å². The molecule has 4 aromatic rings. The third-order valence-corrected chi connectivity index (χ3v) is 4.53. The van der Waals surface area contributed by atoms with Gasteiger partial charge >= 0.3 is 5.97 Å². The van der Waals surface area contributed by atoms with Crippen molar-refractivity contribution < 1.29 is 9.90 Å². The zero-order chi connectivity index (χ0) is 16.1. The van der Waals surface area contributed by atoms with Gasteiger partial charge in [-0.25, -0.2) is 4.40 Å². The summed E-state index contributed by atoms with van der Waals surface area (Å²) in [5.41, 5.74) is 2.08. The quantitative estimate of drug-likeness (QED) is 0.576. The average molecular weight is 330 g/mol. The van der Waals surface area contributed by atoms with Crippen LogP contribution in [0, 0.1) is 0 Å². The highest BCUT2D eigenvalue weighted by atomic mass is 32.2. The number of thioether (sulfide) groups is 1. The van der Waals surface area contributed by atoms with E-state index in [1.54, 1.807) is 4.52 Å². The van der Waals surface area contributed by atoms with Gasteiger partial charge in [0.15, 0.2) is 0 Å². The second-order valence-electron chi connectivity index (χ2n) is 5.46. The summed E-state index contributed by atoms with van der Waals surface area (Å²) in [6.07, 6.45) is 0. The number of aromatic nitrogens is 6. The third kappa shape index (κ3) is 2.00. The molecule has 0 saturated carbocycles. The first-order valence-corrected chi connectivity index (χ1v) is 8.14. The summed E-state index contributed by atoms with van der Waals surface area (Å²) < 4.78 is 5.69. The largest absolute Gasteiger partial charge is 0.481 e. The van der Waals surface area contributed by atoms with E-state index in [4.69, 9.17) is 5.11 Å². The molecule has 8 nitrogen and oxygen atoms in total. The number of benzene rings is 1. The lowest BCUT2D eigenvalue weighted by Crippen LogP contribution is -2.02. The summed E-state index contributed by atoms with van der Waals surface area (Å²) in [6, 6.07) is 8.26. The minimum absolute atomic E-state index is 0.0759. The molecule has 118 valence electrons. The van der Waals surface area contributed by atoms with Crippen molar-refractivity contribution in [2.75, 3.05) is 5.75 Å². The summed E-state index contributed by atoms with van der Waals surface area (Å²) in [4.78, 5) is 10.8. The maximum Gasteiger partial charge on any atom is 0.313 e. The number of hydrogen-bond acceptors (Lipinski definition) is 5. The highest BCUT2D eigenvalue weighted by Gasteiger charge is 2.21. The molecule has 0 aliphatic heterocycles. The second kappa shape index (κ2) is 4.98. The summed E-state index contributed by atoms with van der Waals surface area (Å²) in [6.45, 7) is 4.20. The fourth-order valence-electron chi connectivity index (χ4n) is 2.77. The lowest BCUT2D eigenvalue weighted by Gasteiger charge is -2.08. The lowest BCUT2D eigenvalue weighted by atomic mass is 10.3. The number of aliphatic carboxylic acids is 1. The van der Waals surface area contributed by atoms with E-state index in [9.17, 15) is 4.79 Å². The molecule has 1 aromatic carbocycles. The molecule has 1 N–H and O–H groups in total. The zero-order valence-corrected chi connectivity index (χ0v) is 13.4. The highest BCUT2D eigenvalue weighted by Crippen LogP contribution is 2.27. The Bertz CT molecular complexity index is 1040. The molecule has 0 atom stereocenters. The maximum absolute atomic E-state index is 10.8. The Morgan fingerprint density at radius 2 is 1.96 bits per heavy atom. The molecule has 0 bridgehead atoms. The van der Waals surface area contributed by atoms with Crippen molar-refractivity contribution in [2.45, 2.75) is 25.0 Å². The normalized spacial score (nSPS) is 12.1. The van der Waals surface area contributed by atoms with Gasteiger partial charge in [0.2, 0.25) is 10.9 Å². The van der Waals surface area contributed by atoms with E-state index >= 15 is 0 Å². The molecule has 3 aromatic heterocycles. The van der Waals surface area contributed by atoms with E-state index in [-0.39, 0.29) is 11.8 Å². The molecule has 0 aliphatic carbocycles. The predicted octanol–water partition coefficient (Wildman–Crippen LogP) is 2.09. The number of nitrogens with zero attached hydrogens (tertiary/aromatic N) is 6. The van der Waals surface area contributed by atoms with Crippen LogP contribution < -0.4 is 0 Å². The zero-order valence-electron chi connectivity index (χ0n) is 12.5. The smallest absolute Gasteiger partial charge is 0.313 e. The Morgan fingerprint density at radius 3 is 2.65 bits per heavy atom. The van der Waals surface area contributed by atoms with Crippen molar-refractivity contribution >= 4 is 40.3 Å². The minimum Gasteiger partial charge on any atom is -0.481 e. The molecular formula is C14H14N6O2S. The molecule has 0 amide bonds. The average Bonchev–Trinajstić information content (AvgIpc) is 3.12. The number of hydrogen-bond donors (Lipinski definition) is 1. The maximum atomic E-state index is 10.8. The number of carboxylic acids is 1. The molecule has 0 unspecified atom stereocenters. The fourth-order valence-corrected chi connectivity index (χ4v) is 3.37. The highest BCUT2D eigenvalue weighted by molar-refractivity contribution is 7.99. The molecular weight excluding hydrogens is 316 g/mol. The molecule has 0 spiro atoms. The van der Waals surface area contributed by atoms with Gasteiger partial charge in [-0.15, -0.1) is 15.3 Å². The van der Waals surface area contributed by atoms with Gasteiger partial charge in [-0.05, 0) is 26.0 Å². The SMILES string of the molecule is CC(C)n1c2ccccc2n2c1nn1c(SCC(=O)O)nnc12. The Balaban J connectivity index is 2.02. The van der Waals surface area contributed by atoms with Gasteiger partial charge in [-0.2, -0.15) is 4.52 Å². The molecule has 3 heterocycles. The first-order chi connectivity index (χ1) is 11.1. The van der Waals surface area contributed by atoms with E-state index in [1.165, 1.54) is 0 Å². The van der Waals surface area contributed by atoms with Gasteiger partial charge in [-0.3, -0.25) is 4.79 Å². The van der Waals surface area contributed by atoms with Gasteiger partial charge in [0.25, 0.3) is 5.78 Å². The predicted molar refractivity (Wildman–Crippen MR) is 86.0 cm³/mol. The van der Waals surface area contributed by atoms with E-state index in [1.807, 2.05) is 22.6 Å². The first-order valence-electron chi connectivity index (χ1n) is 7.15. The molecule has 9 heteroatoms. The van der Waals surface area contributed by atoms with Crippen molar-refractivity contribution in [2.24, 2.45) is 0 Å². The van der Waals surface area contributed by atoms with Crippen LogP contribution in [0.3, 0.4) is 0 Å². The summed E-state index contributed by atoms with van der Waals surface area (Å²) in [5.74, 6) is 0.382. The molecule has 23 heavy (non-hydrogen) atoms. The van der Waals surface area contributed by atoms with Gasteiger partial charge in [0.1, 0.15) is 0 Å². The Labute approximate surface area is 134 Å². The topological polar surface area (TPSA) is 89.7 Å². The molecule has 0 fully saturated rings. The van der Waals surface area contributed by atoms with Crippen molar-refractivity contribution in [1.29, 1.82) is 0 Å². The van der Waals surface area contributed by atoms with Crippen LogP contribution in [0.4, 0.5) is 0 Å². The van der Waals surface area contributed by atoms with Crippen LogP contribution in [0.5, 0.6) is 0 Å². The Kier molecular flexibility index (Phi) is 3.05.